The molecule has 3 heteroatoms. The molecule has 1 fully saturated rings. The van der Waals surface area contributed by atoms with E-state index in [0.717, 1.165) is 37.1 Å². The van der Waals surface area contributed by atoms with Gasteiger partial charge in [-0.15, -0.1) is 0 Å². The first-order chi connectivity index (χ1) is 8.16. The highest BCUT2D eigenvalue weighted by atomic mass is 19.1. The summed E-state index contributed by atoms with van der Waals surface area (Å²) in [6.45, 7) is 3.66. The Hall–Kier alpha value is -1.22. The van der Waals surface area contributed by atoms with E-state index < -0.39 is 0 Å². The van der Waals surface area contributed by atoms with Gasteiger partial charge in [0.25, 0.3) is 0 Å². The van der Waals surface area contributed by atoms with Crippen LogP contribution in [0.2, 0.25) is 0 Å². The van der Waals surface area contributed by atoms with Gasteiger partial charge in [-0.2, -0.15) is 0 Å². The molecule has 0 aliphatic carbocycles. The highest BCUT2D eigenvalue weighted by Gasteiger charge is 2.21. The average Bonchev–Trinajstić information content (AvgIpc) is 2.34. The Kier molecular flexibility index (Phi) is 3.89. The Balaban J connectivity index is 2.02. The molecular formula is C14H18FNO. The van der Waals surface area contributed by atoms with Gasteiger partial charge in [0.05, 0.1) is 0 Å². The van der Waals surface area contributed by atoms with E-state index in [1.807, 2.05) is 6.92 Å². The Labute approximate surface area is 101 Å². The molecule has 1 heterocycles. The molecule has 0 saturated carbocycles. The first kappa shape index (κ1) is 12.2. The van der Waals surface area contributed by atoms with E-state index in [9.17, 15) is 9.18 Å². The fourth-order valence-corrected chi connectivity index (χ4v) is 2.32. The second kappa shape index (κ2) is 5.41. The molecule has 2 rings (SSSR count). The third-order valence-electron chi connectivity index (χ3n) is 3.42. The second-order valence-corrected chi connectivity index (χ2v) is 4.76. The minimum Gasteiger partial charge on any atom is -0.316 e. The molecule has 0 spiro atoms. The lowest BCUT2D eigenvalue weighted by molar-refractivity contribution is -0.122. The van der Waals surface area contributed by atoms with E-state index in [1.165, 1.54) is 12.1 Å². The number of aryl methyl sites for hydroxylation is 1. The Morgan fingerprint density at radius 1 is 1.53 bits per heavy atom. The molecule has 1 N–H and O–H groups in total. The average molecular weight is 235 g/mol. The highest BCUT2D eigenvalue weighted by Crippen LogP contribution is 2.17. The summed E-state index contributed by atoms with van der Waals surface area (Å²) in [6.07, 6.45) is 2.48. The van der Waals surface area contributed by atoms with Gasteiger partial charge in [-0.05, 0) is 49.6 Å². The summed E-state index contributed by atoms with van der Waals surface area (Å²) in [5, 5.41) is 3.24. The van der Waals surface area contributed by atoms with Gasteiger partial charge in [0, 0.05) is 18.9 Å². The number of carbonyl (C=O) groups is 1. The summed E-state index contributed by atoms with van der Waals surface area (Å²) in [5.41, 5.74) is 1.81. The number of hydrogen-bond donors (Lipinski definition) is 1. The van der Waals surface area contributed by atoms with Crippen molar-refractivity contribution in [2.45, 2.75) is 26.2 Å². The summed E-state index contributed by atoms with van der Waals surface area (Å²) >= 11 is 0. The van der Waals surface area contributed by atoms with Crippen molar-refractivity contribution in [1.82, 2.24) is 5.32 Å². The molecule has 17 heavy (non-hydrogen) atoms. The topological polar surface area (TPSA) is 29.1 Å². The molecule has 0 aromatic heterocycles. The number of benzene rings is 1. The molecule has 0 radical (unpaired) electrons. The van der Waals surface area contributed by atoms with Gasteiger partial charge in [-0.3, -0.25) is 4.79 Å². The summed E-state index contributed by atoms with van der Waals surface area (Å²) in [6, 6.07) is 4.63. The lowest BCUT2D eigenvalue weighted by atomic mass is 9.90. The van der Waals surface area contributed by atoms with Crippen LogP contribution in [0.3, 0.4) is 0 Å². The fourth-order valence-electron chi connectivity index (χ4n) is 2.32. The Bertz CT molecular complexity index is 411. The van der Waals surface area contributed by atoms with Crippen LogP contribution >= 0.6 is 0 Å². The molecule has 2 nitrogen and oxygen atoms in total. The van der Waals surface area contributed by atoms with Gasteiger partial charge in [-0.25, -0.2) is 4.39 Å². The number of Topliss-reactive ketones (excluding diaryl/α,β-unsaturated/α-hetero) is 1. The van der Waals surface area contributed by atoms with E-state index in [0.29, 0.717) is 6.42 Å². The maximum atomic E-state index is 12.9. The molecule has 1 aliphatic rings. The Morgan fingerprint density at radius 3 is 3.00 bits per heavy atom. The van der Waals surface area contributed by atoms with Gasteiger partial charge < -0.3 is 5.32 Å². The molecule has 0 amide bonds. The number of ketones is 1. The van der Waals surface area contributed by atoms with Crippen LogP contribution in [0.4, 0.5) is 4.39 Å². The van der Waals surface area contributed by atoms with E-state index in [2.05, 4.69) is 5.32 Å². The van der Waals surface area contributed by atoms with Crippen molar-refractivity contribution in [1.29, 1.82) is 0 Å². The van der Waals surface area contributed by atoms with Gasteiger partial charge in [0.15, 0.2) is 0 Å². The summed E-state index contributed by atoms with van der Waals surface area (Å²) in [7, 11) is 0. The number of carbonyl (C=O) groups excluding carboxylic acids is 1. The van der Waals surface area contributed by atoms with Crippen LogP contribution in [0.25, 0.3) is 0 Å². The third kappa shape index (κ3) is 3.13. The predicted octanol–water partition coefficient (Wildman–Crippen LogP) is 2.25. The van der Waals surface area contributed by atoms with E-state index in [1.54, 1.807) is 6.07 Å². The number of halogens is 1. The SMILES string of the molecule is Cc1cc(F)ccc1CC(=O)C1CCCNC1. The van der Waals surface area contributed by atoms with Crippen LogP contribution in [-0.4, -0.2) is 18.9 Å². The molecule has 1 aromatic carbocycles. The van der Waals surface area contributed by atoms with Gasteiger partial charge in [0.1, 0.15) is 11.6 Å². The molecule has 92 valence electrons. The number of piperidine rings is 1. The van der Waals surface area contributed by atoms with Crippen molar-refractivity contribution < 1.29 is 9.18 Å². The van der Waals surface area contributed by atoms with Crippen LogP contribution in [-0.2, 0) is 11.2 Å². The number of nitrogens with one attached hydrogen (secondary N) is 1. The lowest BCUT2D eigenvalue weighted by Crippen LogP contribution is -2.35. The van der Waals surface area contributed by atoms with E-state index in [4.69, 9.17) is 0 Å². The maximum absolute atomic E-state index is 12.9. The number of rotatable bonds is 3. The minimum absolute atomic E-state index is 0.133. The molecular weight excluding hydrogens is 217 g/mol. The minimum atomic E-state index is -0.238. The third-order valence-corrected chi connectivity index (χ3v) is 3.42. The van der Waals surface area contributed by atoms with Crippen LogP contribution in [0.5, 0.6) is 0 Å². The maximum Gasteiger partial charge on any atom is 0.141 e. The standard InChI is InChI=1S/C14H18FNO/c1-10-7-13(15)5-4-11(10)8-14(17)12-3-2-6-16-9-12/h4-5,7,12,16H,2-3,6,8-9H2,1H3. The van der Waals surface area contributed by atoms with E-state index in [-0.39, 0.29) is 17.5 Å². The summed E-state index contributed by atoms with van der Waals surface area (Å²) < 4.78 is 12.9. The van der Waals surface area contributed by atoms with Crippen molar-refractivity contribution in [2.75, 3.05) is 13.1 Å². The first-order valence-corrected chi connectivity index (χ1v) is 6.15. The lowest BCUT2D eigenvalue weighted by Gasteiger charge is -2.21. The molecule has 0 bridgehead atoms. The summed E-state index contributed by atoms with van der Waals surface area (Å²) in [5.74, 6) is 0.165. The van der Waals surface area contributed by atoms with E-state index >= 15 is 0 Å². The molecule has 1 aliphatic heterocycles. The van der Waals surface area contributed by atoms with Gasteiger partial charge >= 0.3 is 0 Å². The smallest absolute Gasteiger partial charge is 0.141 e. The fraction of sp³-hybridized carbons (Fsp3) is 0.500. The van der Waals surface area contributed by atoms with Crippen molar-refractivity contribution in [3.05, 3.63) is 35.1 Å². The molecule has 1 aromatic rings. The zero-order chi connectivity index (χ0) is 12.3. The quantitative estimate of drug-likeness (QED) is 0.870. The molecule has 1 atom stereocenters. The number of hydrogen-bond acceptors (Lipinski definition) is 2. The predicted molar refractivity (Wildman–Crippen MR) is 65.4 cm³/mol. The monoisotopic (exact) mass is 235 g/mol. The molecule has 1 saturated heterocycles. The zero-order valence-electron chi connectivity index (χ0n) is 10.1. The van der Waals surface area contributed by atoms with Crippen molar-refractivity contribution in [3.63, 3.8) is 0 Å². The van der Waals surface area contributed by atoms with Crippen LogP contribution in [0.1, 0.15) is 24.0 Å². The van der Waals surface area contributed by atoms with Crippen LogP contribution in [0.15, 0.2) is 18.2 Å². The van der Waals surface area contributed by atoms with Crippen LogP contribution < -0.4 is 5.32 Å². The Morgan fingerprint density at radius 2 is 2.35 bits per heavy atom. The zero-order valence-corrected chi connectivity index (χ0v) is 10.1. The first-order valence-electron chi connectivity index (χ1n) is 6.15. The van der Waals surface area contributed by atoms with Gasteiger partial charge in [0.2, 0.25) is 0 Å². The summed E-state index contributed by atoms with van der Waals surface area (Å²) in [4.78, 5) is 12.1. The van der Waals surface area contributed by atoms with Crippen molar-refractivity contribution in [2.24, 2.45) is 5.92 Å². The normalized spacial score (nSPS) is 20.2. The van der Waals surface area contributed by atoms with Crippen molar-refractivity contribution >= 4 is 5.78 Å². The van der Waals surface area contributed by atoms with Crippen LogP contribution in [0, 0.1) is 18.7 Å². The van der Waals surface area contributed by atoms with Crippen molar-refractivity contribution in [3.8, 4) is 0 Å². The molecule has 1 unspecified atom stereocenters. The largest absolute Gasteiger partial charge is 0.316 e. The second-order valence-electron chi connectivity index (χ2n) is 4.76. The van der Waals surface area contributed by atoms with Gasteiger partial charge in [-0.1, -0.05) is 6.07 Å². The highest BCUT2D eigenvalue weighted by molar-refractivity contribution is 5.83.